The molecule has 1 aliphatic rings. The molecule has 1 aliphatic carbocycles. The Bertz CT molecular complexity index is 630. The van der Waals surface area contributed by atoms with Crippen molar-refractivity contribution >= 4 is 23.2 Å². The summed E-state index contributed by atoms with van der Waals surface area (Å²) in [6.45, 7) is 9.32. The molecule has 1 amide bonds. The Morgan fingerprint density at radius 3 is 2.56 bits per heavy atom. The van der Waals surface area contributed by atoms with Crippen molar-refractivity contribution in [1.82, 2.24) is 9.88 Å². The van der Waals surface area contributed by atoms with Crippen molar-refractivity contribution in [3.8, 4) is 0 Å². The molecule has 152 valence electrons. The molecule has 0 N–H and O–H groups in total. The van der Waals surface area contributed by atoms with E-state index in [-0.39, 0.29) is 11.3 Å². The lowest BCUT2D eigenvalue weighted by molar-refractivity contribution is -0.136. The summed E-state index contributed by atoms with van der Waals surface area (Å²) in [6, 6.07) is 0.290. The number of thiazole rings is 1. The third-order valence-electron chi connectivity index (χ3n) is 5.07. The summed E-state index contributed by atoms with van der Waals surface area (Å²) in [5.74, 6) is 0.144. The molecule has 0 aliphatic heterocycles. The predicted molar refractivity (Wildman–Crippen MR) is 109 cm³/mol. The quantitative estimate of drug-likeness (QED) is 0.607. The van der Waals surface area contributed by atoms with Gasteiger partial charge in [-0.3, -0.25) is 4.79 Å². The lowest BCUT2D eigenvalue weighted by Crippen LogP contribution is -2.41. The molecule has 0 saturated heterocycles. The van der Waals surface area contributed by atoms with Crippen LogP contribution in [0.1, 0.15) is 88.1 Å². The summed E-state index contributed by atoms with van der Waals surface area (Å²) in [5, 5.41) is 2.52. The fourth-order valence-corrected chi connectivity index (χ4v) is 4.84. The van der Waals surface area contributed by atoms with Gasteiger partial charge in [-0.1, -0.05) is 47.0 Å². The van der Waals surface area contributed by atoms with E-state index >= 15 is 0 Å². The van der Waals surface area contributed by atoms with Crippen LogP contribution in [0, 0.1) is 11.3 Å². The highest BCUT2D eigenvalue weighted by Gasteiger charge is 2.28. The number of ether oxygens (including phenoxy) is 1. The number of carbonyl (C=O) groups excluding carboxylic acids is 2. The molecule has 0 radical (unpaired) electrons. The van der Waals surface area contributed by atoms with Gasteiger partial charge in [0.1, 0.15) is 5.01 Å². The average molecular weight is 395 g/mol. The van der Waals surface area contributed by atoms with Crippen molar-refractivity contribution in [2.75, 3.05) is 7.11 Å². The van der Waals surface area contributed by atoms with E-state index in [4.69, 9.17) is 4.74 Å². The second-order valence-corrected chi connectivity index (χ2v) is 9.95. The van der Waals surface area contributed by atoms with E-state index in [9.17, 15) is 9.59 Å². The van der Waals surface area contributed by atoms with Crippen LogP contribution in [-0.4, -0.2) is 34.9 Å². The summed E-state index contributed by atoms with van der Waals surface area (Å²) in [6.07, 6.45) is 7.34. The van der Waals surface area contributed by atoms with Crippen molar-refractivity contribution < 1.29 is 14.3 Å². The fourth-order valence-electron chi connectivity index (χ4n) is 4.07. The lowest BCUT2D eigenvalue weighted by atomic mass is 9.84. The second-order valence-electron chi connectivity index (χ2n) is 9.01. The first-order valence-corrected chi connectivity index (χ1v) is 10.9. The number of esters is 1. The van der Waals surface area contributed by atoms with Crippen LogP contribution in [0.2, 0.25) is 0 Å². The van der Waals surface area contributed by atoms with Crippen molar-refractivity contribution in [3.63, 3.8) is 0 Å². The molecule has 1 fully saturated rings. The zero-order valence-corrected chi connectivity index (χ0v) is 18.2. The number of amides is 1. The minimum absolute atomic E-state index is 0.216. The van der Waals surface area contributed by atoms with Gasteiger partial charge in [0.25, 0.3) is 0 Å². The molecule has 2 rings (SSSR count). The monoisotopic (exact) mass is 394 g/mol. The van der Waals surface area contributed by atoms with Crippen molar-refractivity contribution in [3.05, 3.63) is 16.1 Å². The molecule has 5 nitrogen and oxygen atoms in total. The van der Waals surface area contributed by atoms with Gasteiger partial charge in [0, 0.05) is 17.8 Å². The first kappa shape index (κ1) is 21.9. The smallest absolute Gasteiger partial charge is 0.357 e. The Morgan fingerprint density at radius 1 is 1.30 bits per heavy atom. The highest BCUT2D eigenvalue weighted by atomic mass is 32.1. The number of hydrogen-bond donors (Lipinski definition) is 0. The maximum atomic E-state index is 13.2. The minimum atomic E-state index is -0.424. The third kappa shape index (κ3) is 6.91. The molecule has 0 aromatic carbocycles. The Kier molecular flexibility index (Phi) is 7.83. The summed E-state index contributed by atoms with van der Waals surface area (Å²) < 4.78 is 4.74. The first-order valence-electron chi connectivity index (χ1n) is 10.0. The van der Waals surface area contributed by atoms with Crippen molar-refractivity contribution in [2.45, 2.75) is 85.2 Å². The minimum Gasteiger partial charge on any atom is -0.464 e. The van der Waals surface area contributed by atoms with Crippen LogP contribution in [-0.2, 0) is 16.1 Å². The Hall–Kier alpha value is -1.43. The number of nitrogens with zero attached hydrogens (tertiary/aromatic N) is 2. The van der Waals surface area contributed by atoms with E-state index in [1.807, 2.05) is 4.90 Å². The molecule has 1 atom stereocenters. The molecule has 1 heterocycles. The molecule has 1 saturated carbocycles. The highest BCUT2D eigenvalue weighted by molar-refractivity contribution is 7.09. The van der Waals surface area contributed by atoms with Gasteiger partial charge in [-0.25, -0.2) is 9.78 Å². The fraction of sp³-hybridized carbons (Fsp3) is 0.762. The van der Waals surface area contributed by atoms with Gasteiger partial charge in [-0.15, -0.1) is 11.3 Å². The average Bonchev–Trinajstić information content (AvgIpc) is 3.06. The maximum absolute atomic E-state index is 13.2. The van der Waals surface area contributed by atoms with Crippen LogP contribution in [0.15, 0.2) is 5.38 Å². The molecular weight excluding hydrogens is 360 g/mol. The molecule has 1 aromatic heterocycles. The molecule has 27 heavy (non-hydrogen) atoms. The number of rotatable bonds is 7. The number of methoxy groups -OCH3 is 1. The standard InChI is InChI=1S/C21H34N2O3S/c1-15(12-21(2,3)4)11-19(24)23(16-9-7-6-8-10-16)13-18-22-17(14-27-18)20(25)26-5/h14-16H,6-13H2,1-5H3. The molecule has 1 aromatic rings. The van der Waals surface area contributed by atoms with Gasteiger partial charge in [-0.05, 0) is 30.6 Å². The van der Waals surface area contributed by atoms with Crippen LogP contribution >= 0.6 is 11.3 Å². The largest absolute Gasteiger partial charge is 0.464 e. The summed E-state index contributed by atoms with van der Waals surface area (Å²) >= 11 is 1.43. The van der Waals surface area contributed by atoms with Crippen LogP contribution in [0.25, 0.3) is 0 Å². The van der Waals surface area contributed by atoms with Crippen molar-refractivity contribution in [2.24, 2.45) is 11.3 Å². The van der Waals surface area contributed by atoms with Crippen LogP contribution in [0.3, 0.4) is 0 Å². The Balaban J connectivity index is 2.09. The number of hydrogen-bond acceptors (Lipinski definition) is 5. The van der Waals surface area contributed by atoms with Crippen LogP contribution in [0.5, 0.6) is 0 Å². The van der Waals surface area contributed by atoms with Gasteiger partial charge < -0.3 is 9.64 Å². The van der Waals surface area contributed by atoms with Crippen molar-refractivity contribution in [1.29, 1.82) is 0 Å². The molecule has 1 unspecified atom stereocenters. The SMILES string of the molecule is COC(=O)c1csc(CN(C(=O)CC(C)CC(C)(C)C)C2CCCCC2)n1. The molecule has 6 heteroatoms. The maximum Gasteiger partial charge on any atom is 0.357 e. The predicted octanol–water partition coefficient (Wildman–Crippen LogP) is 5.05. The van der Waals surface area contributed by atoms with Crippen LogP contribution < -0.4 is 0 Å². The second kappa shape index (κ2) is 9.67. The lowest BCUT2D eigenvalue weighted by Gasteiger charge is -2.35. The summed E-state index contributed by atoms with van der Waals surface area (Å²) in [4.78, 5) is 31.2. The molecule has 0 bridgehead atoms. The van der Waals surface area contributed by atoms with Gasteiger partial charge in [0.2, 0.25) is 5.91 Å². The third-order valence-corrected chi connectivity index (χ3v) is 5.91. The van der Waals surface area contributed by atoms with E-state index in [1.54, 1.807) is 5.38 Å². The van der Waals surface area contributed by atoms with E-state index < -0.39 is 5.97 Å². The van der Waals surface area contributed by atoms with Crippen LogP contribution in [0.4, 0.5) is 0 Å². The number of aromatic nitrogens is 1. The normalized spacial score (nSPS) is 16.8. The summed E-state index contributed by atoms with van der Waals surface area (Å²) in [5.41, 5.74) is 0.551. The zero-order valence-electron chi connectivity index (χ0n) is 17.4. The first-order chi connectivity index (χ1) is 12.7. The highest BCUT2D eigenvalue weighted by Crippen LogP contribution is 2.29. The van der Waals surface area contributed by atoms with E-state index in [0.717, 1.165) is 24.3 Å². The van der Waals surface area contributed by atoms with Gasteiger partial charge in [-0.2, -0.15) is 0 Å². The van der Waals surface area contributed by atoms with E-state index in [1.165, 1.54) is 37.7 Å². The summed E-state index contributed by atoms with van der Waals surface area (Å²) in [7, 11) is 1.36. The number of carbonyl (C=O) groups is 2. The van der Waals surface area contributed by atoms with E-state index in [2.05, 4.69) is 32.7 Å². The zero-order chi connectivity index (χ0) is 20.0. The van der Waals surface area contributed by atoms with Gasteiger partial charge in [0.15, 0.2) is 5.69 Å². The molecule has 0 spiro atoms. The van der Waals surface area contributed by atoms with Gasteiger partial charge in [0.05, 0.1) is 13.7 Å². The Labute approximate surface area is 167 Å². The van der Waals surface area contributed by atoms with E-state index in [0.29, 0.717) is 30.6 Å². The molecular formula is C21H34N2O3S. The topological polar surface area (TPSA) is 59.5 Å². The Morgan fingerprint density at radius 2 is 1.96 bits per heavy atom. The van der Waals surface area contributed by atoms with Gasteiger partial charge >= 0.3 is 5.97 Å².